The summed E-state index contributed by atoms with van der Waals surface area (Å²) >= 11 is 0. The Bertz CT molecular complexity index is 575. The third-order valence-corrected chi connectivity index (χ3v) is 4.64. The quantitative estimate of drug-likeness (QED) is 0.793. The van der Waals surface area contributed by atoms with Crippen LogP contribution in [0.4, 0.5) is 4.39 Å². The van der Waals surface area contributed by atoms with Gasteiger partial charge < -0.3 is 14.4 Å². The molecule has 1 aromatic rings. The topological polar surface area (TPSA) is 55.8 Å². The standard InChI is InChI=1S/C18H22FNO4/c19-15-5-3-13(4-6-15)17(21)20-9-7-14(8-10-20)18(22)24-12-16-2-1-11-23-16/h3-6,14,16H,1-2,7-12H2. The molecule has 0 aromatic heterocycles. The van der Waals surface area contributed by atoms with E-state index in [9.17, 15) is 14.0 Å². The van der Waals surface area contributed by atoms with Crippen LogP contribution in [0.2, 0.25) is 0 Å². The Morgan fingerprint density at radius 3 is 2.50 bits per heavy atom. The number of hydrogen-bond donors (Lipinski definition) is 0. The van der Waals surface area contributed by atoms with Crippen molar-refractivity contribution in [3.63, 3.8) is 0 Å². The molecule has 1 unspecified atom stereocenters. The maximum Gasteiger partial charge on any atom is 0.309 e. The van der Waals surface area contributed by atoms with Crippen molar-refractivity contribution in [3.8, 4) is 0 Å². The molecule has 1 atom stereocenters. The van der Waals surface area contributed by atoms with Crippen LogP contribution in [0.15, 0.2) is 24.3 Å². The van der Waals surface area contributed by atoms with E-state index in [0.717, 1.165) is 19.4 Å². The zero-order chi connectivity index (χ0) is 16.9. The number of benzene rings is 1. The molecule has 130 valence electrons. The molecule has 2 aliphatic rings. The fourth-order valence-electron chi connectivity index (χ4n) is 3.16. The number of hydrogen-bond acceptors (Lipinski definition) is 4. The van der Waals surface area contributed by atoms with Gasteiger partial charge in [0.2, 0.25) is 0 Å². The van der Waals surface area contributed by atoms with Crippen molar-refractivity contribution >= 4 is 11.9 Å². The van der Waals surface area contributed by atoms with Gasteiger partial charge in [-0.3, -0.25) is 9.59 Å². The van der Waals surface area contributed by atoms with Crippen LogP contribution in [0.1, 0.15) is 36.0 Å². The molecule has 5 nitrogen and oxygen atoms in total. The number of esters is 1. The van der Waals surface area contributed by atoms with Gasteiger partial charge in [0.1, 0.15) is 12.4 Å². The lowest BCUT2D eigenvalue weighted by Gasteiger charge is -2.31. The first-order valence-electron chi connectivity index (χ1n) is 8.46. The van der Waals surface area contributed by atoms with Gasteiger partial charge >= 0.3 is 5.97 Å². The summed E-state index contributed by atoms with van der Waals surface area (Å²) in [6, 6.07) is 5.53. The van der Waals surface area contributed by atoms with Gasteiger partial charge in [0, 0.05) is 25.3 Å². The summed E-state index contributed by atoms with van der Waals surface area (Å²) in [5.41, 5.74) is 0.468. The van der Waals surface area contributed by atoms with Gasteiger partial charge in [0.15, 0.2) is 0 Å². The van der Waals surface area contributed by atoms with Crippen molar-refractivity contribution in [2.45, 2.75) is 31.8 Å². The van der Waals surface area contributed by atoms with E-state index >= 15 is 0 Å². The molecule has 24 heavy (non-hydrogen) atoms. The molecule has 6 heteroatoms. The minimum Gasteiger partial charge on any atom is -0.463 e. The zero-order valence-electron chi connectivity index (χ0n) is 13.6. The zero-order valence-corrected chi connectivity index (χ0v) is 13.6. The van der Waals surface area contributed by atoms with Crippen LogP contribution in [0.5, 0.6) is 0 Å². The van der Waals surface area contributed by atoms with E-state index in [4.69, 9.17) is 9.47 Å². The Hall–Kier alpha value is -1.95. The van der Waals surface area contributed by atoms with Gasteiger partial charge in [-0.15, -0.1) is 0 Å². The van der Waals surface area contributed by atoms with Crippen LogP contribution < -0.4 is 0 Å². The van der Waals surface area contributed by atoms with Gasteiger partial charge in [-0.1, -0.05) is 0 Å². The predicted octanol–water partition coefficient (Wildman–Crippen LogP) is 2.40. The summed E-state index contributed by atoms with van der Waals surface area (Å²) in [6.45, 7) is 2.09. The first kappa shape index (κ1) is 16.9. The van der Waals surface area contributed by atoms with Crippen LogP contribution in [0.25, 0.3) is 0 Å². The van der Waals surface area contributed by atoms with Gasteiger partial charge in [-0.05, 0) is 49.9 Å². The van der Waals surface area contributed by atoms with Gasteiger partial charge in [0.05, 0.1) is 12.0 Å². The average Bonchev–Trinajstić information content (AvgIpc) is 3.13. The Balaban J connectivity index is 1.45. The summed E-state index contributed by atoms with van der Waals surface area (Å²) in [7, 11) is 0. The lowest BCUT2D eigenvalue weighted by atomic mass is 9.96. The molecule has 0 radical (unpaired) electrons. The van der Waals surface area contributed by atoms with Crippen LogP contribution in [0, 0.1) is 11.7 Å². The second-order valence-electron chi connectivity index (χ2n) is 6.34. The summed E-state index contributed by atoms with van der Waals surface area (Å²) < 4.78 is 23.7. The van der Waals surface area contributed by atoms with Gasteiger partial charge in [-0.2, -0.15) is 0 Å². The van der Waals surface area contributed by atoms with Crippen molar-refractivity contribution in [2.75, 3.05) is 26.3 Å². The first-order valence-corrected chi connectivity index (χ1v) is 8.46. The molecule has 1 aromatic carbocycles. The van der Waals surface area contributed by atoms with E-state index in [1.54, 1.807) is 4.90 Å². The molecule has 0 N–H and O–H groups in total. The number of likely N-dealkylation sites (tertiary alicyclic amines) is 1. The Morgan fingerprint density at radius 1 is 1.17 bits per heavy atom. The van der Waals surface area contributed by atoms with E-state index < -0.39 is 0 Å². The highest BCUT2D eigenvalue weighted by Crippen LogP contribution is 2.21. The normalized spacial score (nSPS) is 21.7. The smallest absolute Gasteiger partial charge is 0.309 e. The fourth-order valence-corrected chi connectivity index (χ4v) is 3.16. The minimum absolute atomic E-state index is 0.0362. The molecule has 2 aliphatic heterocycles. The number of carbonyl (C=O) groups is 2. The molecule has 0 saturated carbocycles. The SMILES string of the molecule is O=C(OCC1CCCO1)C1CCN(C(=O)c2ccc(F)cc2)CC1. The third-order valence-electron chi connectivity index (χ3n) is 4.64. The monoisotopic (exact) mass is 335 g/mol. The van der Waals surface area contributed by atoms with Gasteiger partial charge in [-0.25, -0.2) is 4.39 Å². The number of amides is 1. The van der Waals surface area contributed by atoms with Crippen LogP contribution in [0.3, 0.4) is 0 Å². The lowest BCUT2D eigenvalue weighted by Crippen LogP contribution is -2.41. The molecular formula is C18H22FNO4. The molecule has 0 spiro atoms. The predicted molar refractivity (Wildman–Crippen MR) is 85.0 cm³/mol. The molecule has 0 bridgehead atoms. The van der Waals surface area contributed by atoms with Crippen molar-refractivity contribution in [2.24, 2.45) is 5.92 Å². The summed E-state index contributed by atoms with van der Waals surface area (Å²) in [5, 5.41) is 0. The maximum absolute atomic E-state index is 12.9. The Kier molecular flexibility index (Phi) is 5.45. The number of nitrogens with zero attached hydrogens (tertiary/aromatic N) is 1. The molecule has 0 aliphatic carbocycles. The molecule has 2 fully saturated rings. The number of carbonyl (C=O) groups excluding carboxylic acids is 2. The van der Waals surface area contributed by atoms with Crippen LogP contribution >= 0.6 is 0 Å². The number of rotatable bonds is 4. The van der Waals surface area contributed by atoms with E-state index in [1.807, 2.05) is 0 Å². The molecule has 2 saturated heterocycles. The summed E-state index contributed by atoms with van der Waals surface area (Å²) in [4.78, 5) is 26.2. The molecule has 2 heterocycles. The van der Waals surface area contributed by atoms with E-state index in [0.29, 0.717) is 38.1 Å². The fraction of sp³-hybridized carbons (Fsp3) is 0.556. The van der Waals surface area contributed by atoms with E-state index in [-0.39, 0.29) is 29.7 Å². The highest BCUT2D eigenvalue weighted by molar-refractivity contribution is 5.94. The highest BCUT2D eigenvalue weighted by Gasteiger charge is 2.29. The average molecular weight is 335 g/mol. The molecular weight excluding hydrogens is 313 g/mol. The first-order chi connectivity index (χ1) is 11.6. The molecule has 3 rings (SSSR count). The highest BCUT2D eigenvalue weighted by atomic mass is 19.1. The summed E-state index contributed by atoms with van der Waals surface area (Å²) in [6.07, 6.45) is 3.19. The maximum atomic E-state index is 12.9. The summed E-state index contributed by atoms with van der Waals surface area (Å²) in [5.74, 6) is -0.844. The van der Waals surface area contributed by atoms with Crippen molar-refractivity contribution < 1.29 is 23.5 Å². The van der Waals surface area contributed by atoms with Crippen LogP contribution in [-0.4, -0.2) is 49.2 Å². The Morgan fingerprint density at radius 2 is 1.88 bits per heavy atom. The van der Waals surface area contributed by atoms with Crippen molar-refractivity contribution in [1.82, 2.24) is 4.90 Å². The molecule has 1 amide bonds. The Labute approximate surface area is 140 Å². The lowest BCUT2D eigenvalue weighted by molar-refractivity contribution is -0.153. The number of halogens is 1. The second kappa shape index (κ2) is 7.75. The second-order valence-corrected chi connectivity index (χ2v) is 6.34. The largest absolute Gasteiger partial charge is 0.463 e. The van der Waals surface area contributed by atoms with Crippen molar-refractivity contribution in [3.05, 3.63) is 35.6 Å². The third kappa shape index (κ3) is 4.12. The van der Waals surface area contributed by atoms with E-state index in [2.05, 4.69) is 0 Å². The number of piperidine rings is 1. The minimum atomic E-state index is -0.362. The van der Waals surface area contributed by atoms with Gasteiger partial charge in [0.25, 0.3) is 5.91 Å². The van der Waals surface area contributed by atoms with E-state index in [1.165, 1.54) is 24.3 Å². The number of ether oxygens (including phenoxy) is 2. The van der Waals surface area contributed by atoms with Crippen molar-refractivity contribution in [1.29, 1.82) is 0 Å². The van der Waals surface area contributed by atoms with Crippen LogP contribution in [-0.2, 0) is 14.3 Å².